The monoisotopic (exact) mass is 493 g/mol. The zero-order valence-electron chi connectivity index (χ0n) is 17.5. The number of hydrogen-bond donors (Lipinski definition) is 2. The number of pyridine rings is 1. The van der Waals surface area contributed by atoms with Crippen molar-refractivity contribution in [1.82, 2.24) is 10.3 Å². The third-order valence-corrected chi connectivity index (χ3v) is 4.82. The minimum Gasteiger partial charge on any atom is -0.437 e. The van der Waals surface area contributed by atoms with Crippen LogP contribution in [0, 0.1) is 0 Å². The molecule has 0 unspecified atom stereocenters. The Hall–Kier alpha value is -3.63. The molecule has 34 heavy (non-hydrogen) atoms. The van der Waals surface area contributed by atoms with Gasteiger partial charge >= 0.3 is 6.18 Å². The molecule has 2 amide bonds. The molecule has 3 N–H and O–H groups in total. The van der Waals surface area contributed by atoms with Gasteiger partial charge < -0.3 is 20.5 Å². The zero-order chi connectivity index (χ0) is 24.7. The maximum Gasteiger partial charge on any atom is 0.416 e. The van der Waals surface area contributed by atoms with E-state index < -0.39 is 29.6 Å². The molecule has 0 saturated heterocycles. The van der Waals surface area contributed by atoms with Crippen LogP contribution in [0.1, 0.15) is 21.5 Å². The SMILES string of the molecule is NC(=O)[C@@H](COCc1ccccc1)NC(=O)c1cccnc1Oc1ccc(C(F)(F)F)cc1Cl. The van der Waals surface area contributed by atoms with E-state index in [1.807, 2.05) is 30.3 Å². The minimum absolute atomic E-state index is 0.0900. The largest absolute Gasteiger partial charge is 0.437 e. The standard InChI is InChI=1S/C23H19ClF3N3O4/c24-17-11-15(23(25,26)27)8-9-19(17)34-22-16(7-4-10-29-22)21(32)30-18(20(28)31)13-33-12-14-5-2-1-3-6-14/h1-11,18H,12-13H2,(H2,28,31)(H,30,32)/t18-/m1/s1. The van der Waals surface area contributed by atoms with Crippen LogP contribution in [0.2, 0.25) is 5.02 Å². The Balaban J connectivity index is 1.71. The third-order valence-electron chi connectivity index (χ3n) is 4.53. The van der Waals surface area contributed by atoms with Crippen molar-refractivity contribution in [2.45, 2.75) is 18.8 Å². The van der Waals surface area contributed by atoms with Gasteiger partial charge in [0.15, 0.2) is 0 Å². The third kappa shape index (κ3) is 6.69. The van der Waals surface area contributed by atoms with Crippen LogP contribution in [0.3, 0.4) is 0 Å². The molecule has 2 aromatic carbocycles. The smallest absolute Gasteiger partial charge is 0.416 e. The number of hydrogen-bond acceptors (Lipinski definition) is 5. The first-order valence-corrected chi connectivity index (χ1v) is 10.2. The van der Waals surface area contributed by atoms with Crippen molar-refractivity contribution in [1.29, 1.82) is 0 Å². The summed E-state index contributed by atoms with van der Waals surface area (Å²) in [5.41, 5.74) is 5.21. The summed E-state index contributed by atoms with van der Waals surface area (Å²) in [6.45, 7) is 0.0192. The van der Waals surface area contributed by atoms with Crippen molar-refractivity contribution in [3.63, 3.8) is 0 Å². The average Bonchev–Trinajstić information content (AvgIpc) is 2.80. The highest BCUT2D eigenvalue weighted by molar-refractivity contribution is 6.32. The number of alkyl halides is 3. The van der Waals surface area contributed by atoms with Gasteiger partial charge in [-0.25, -0.2) is 4.98 Å². The molecular weight excluding hydrogens is 475 g/mol. The Morgan fingerprint density at radius 1 is 1.09 bits per heavy atom. The van der Waals surface area contributed by atoms with Gasteiger partial charge in [0.05, 0.1) is 23.8 Å². The molecule has 0 aliphatic heterocycles. The molecule has 11 heteroatoms. The number of aromatic nitrogens is 1. The average molecular weight is 494 g/mol. The van der Waals surface area contributed by atoms with E-state index in [1.165, 1.54) is 18.3 Å². The molecule has 0 aliphatic rings. The Labute approximate surface area is 197 Å². The molecular formula is C23H19ClF3N3O4. The molecule has 0 radical (unpaired) electrons. The summed E-state index contributed by atoms with van der Waals surface area (Å²) in [5.74, 6) is -1.94. The van der Waals surface area contributed by atoms with Crippen molar-refractivity contribution in [2.24, 2.45) is 5.73 Å². The van der Waals surface area contributed by atoms with E-state index in [1.54, 1.807) is 0 Å². The fraction of sp³-hybridized carbons (Fsp3) is 0.174. The van der Waals surface area contributed by atoms with Gasteiger partial charge in [-0.3, -0.25) is 9.59 Å². The molecule has 0 saturated carbocycles. The first-order valence-electron chi connectivity index (χ1n) is 9.86. The summed E-state index contributed by atoms with van der Waals surface area (Å²) in [5, 5.41) is 2.13. The van der Waals surface area contributed by atoms with Crippen molar-refractivity contribution >= 4 is 23.4 Å². The molecule has 1 heterocycles. The Morgan fingerprint density at radius 2 is 1.82 bits per heavy atom. The topological polar surface area (TPSA) is 104 Å². The predicted octanol–water partition coefficient (Wildman–Crippen LogP) is 4.35. The van der Waals surface area contributed by atoms with Crippen LogP contribution in [-0.2, 0) is 22.3 Å². The van der Waals surface area contributed by atoms with E-state index >= 15 is 0 Å². The molecule has 3 aromatic rings. The lowest BCUT2D eigenvalue weighted by Gasteiger charge is -2.17. The fourth-order valence-electron chi connectivity index (χ4n) is 2.81. The van der Waals surface area contributed by atoms with Crippen LogP contribution in [-0.4, -0.2) is 29.4 Å². The van der Waals surface area contributed by atoms with Gasteiger partial charge in [-0.2, -0.15) is 13.2 Å². The van der Waals surface area contributed by atoms with Gasteiger partial charge in [-0.1, -0.05) is 41.9 Å². The number of nitrogens with two attached hydrogens (primary N) is 1. The number of amides is 2. The molecule has 1 atom stereocenters. The molecule has 0 bridgehead atoms. The maximum absolute atomic E-state index is 12.9. The molecule has 1 aromatic heterocycles. The highest BCUT2D eigenvalue weighted by Gasteiger charge is 2.31. The Bertz CT molecular complexity index is 1160. The van der Waals surface area contributed by atoms with Crippen LogP contribution >= 0.6 is 11.6 Å². The van der Waals surface area contributed by atoms with Crippen molar-refractivity contribution in [3.05, 3.63) is 88.6 Å². The summed E-state index contributed by atoms with van der Waals surface area (Å²) in [7, 11) is 0. The molecule has 0 fully saturated rings. The van der Waals surface area contributed by atoms with E-state index in [2.05, 4.69) is 10.3 Å². The van der Waals surface area contributed by atoms with Crippen LogP contribution in [0.25, 0.3) is 0 Å². The van der Waals surface area contributed by atoms with E-state index in [4.69, 9.17) is 26.8 Å². The molecule has 7 nitrogen and oxygen atoms in total. The number of halogens is 4. The summed E-state index contributed by atoms with van der Waals surface area (Å²) in [6, 6.07) is 13.3. The number of ether oxygens (including phenoxy) is 2. The Morgan fingerprint density at radius 3 is 2.47 bits per heavy atom. The lowest BCUT2D eigenvalue weighted by Crippen LogP contribution is -2.47. The molecule has 3 rings (SSSR count). The van der Waals surface area contributed by atoms with Gasteiger partial charge in [-0.15, -0.1) is 0 Å². The van der Waals surface area contributed by atoms with Crippen LogP contribution in [0.4, 0.5) is 13.2 Å². The number of carbonyl (C=O) groups is 2. The number of rotatable bonds is 9. The predicted molar refractivity (Wildman–Crippen MR) is 117 cm³/mol. The van der Waals surface area contributed by atoms with Gasteiger partial charge in [0.25, 0.3) is 5.91 Å². The van der Waals surface area contributed by atoms with E-state index in [-0.39, 0.29) is 35.4 Å². The quantitative estimate of drug-likeness (QED) is 0.461. The normalized spacial score (nSPS) is 12.1. The maximum atomic E-state index is 12.9. The second-order valence-corrected chi connectivity index (χ2v) is 7.44. The lowest BCUT2D eigenvalue weighted by molar-refractivity contribution is -0.137. The summed E-state index contributed by atoms with van der Waals surface area (Å²) in [6.07, 6.45) is -3.26. The van der Waals surface area contributed by atoms with E-state index in [9.17, 15) is 22.8 Å². The number of nitrogens with zero attached hydrogens (tertiary/aromatic N) is 1. The van der Waals surface area contributed by atoms with Crippen molar-refractivity contribution in [2.75, 3.05) is 6.61 Å². The number of carbonyl (C=O) groups excluding carboxylic acids is 2. The number of nitrogens with one attached hydrogen (secondary N) is 1. The minimum atomic E-state index is -4.58. The van der Waals surface area contributed by atoms with Gasteiger partial charge in [0.1, 0.15) is 17.4 Å². The fourth-order valence-corrected chi connectivity index (χ4v) is 3.03. The molecule has 178 valence electrons. The number of benzene rings is 2. The van der Waals surface area contributed by atoms with E-state index in [0.29, 0.717) is 6.07 Å². The lowest BCUT2D eigenvalue weighted by atomic mass is 10.2. The number of primary amides is 1. The van der Waals surface area contributed by atoms with Crippen LogP contribution < -0.4 is 15.8 Å². The van der Waals surface area contributed by atoms with Crippen molar-refractivity contribution in [3.8, 4) is 11.6 Å². The summed E-state index contributed by atoms with van der Waals surface area (Å²) >= 11 is 5.92. The van der Waals surface area contributed by atoms with Gasteiger partial charge in [-0.05, 0) is 35.9 Å². The zero-order valence-corrected chi connectivity index (χ0v) is 18.3. The van der Waals surface area contributed by atoms with Gasteiger partial charge in [0, 0.05) is 6.20 Å². The second kappa shape index (κ2) is 11.0. The van der Waals surface area contributed by atoms with Crippen LogP contribution in [0.5, 0.6) is 11.6 Å². The highest BCUT2D eigenvalue weighted by Crippen LogP contribution is 2.36. The molecule has 0 aliphatic carbocycles. The first-order chi connectivity index (χ1) is 16.1. The summed E-state index contributed by atoms with van der Waals surface area (Å²) < 4.78 is 49.5. The van der Waals surface area contributed by atoms with Crippen molar-refractivity contribution < 1.29 is 32.2 Å². The van der Waals surface area contributed by atoms with Gasteiger partial charge in [0.2, 0.25) is 11.8 Å². The highest BCUT2D eigenvalue weighted by atomic mass is 35.5. The van der Waals surface area contributed by atoms with Crippen LogP contribution in [0.15, 0.2) is 66.9 Å². The van der Waals surface area contributed by atoms with E-state index in [0.717, 1.165) is 17.7 Å². The summed E-state index contributed by atoms with van der Waals surface area (Å²) in [4.78, 5) is 28.6. The second-order valence-electron chi connectivity index (χ2n) is 7.03. The molecule has 0 spiro atoms. The first kappa shape index (κ1) is 25.0. The Kier molecular flexibility index (Phi) is 8.08.